The number of carbonyl (C=O) groups excluding carboxylic acids is 1. The van der Waals surface area contributed by atoms with E-state index >= 15 is 0 Å². The summed E-state index contributed by atoms with van der Waals surface area (Å²) in [7, 11) is 1.71. The Balaban J connectivity index is 1.37. The number of hydrogen-bond acceptors (Lipinski definition) is 5. The topological polar surface area (TPSA) is 68.5 Å². The summed E-state index contributed by atoms with van der Waals surface area (Å²) in [4.78, 5) is 18.7. The summed E-state index contributed by atoms with van der Waals surface area (Å²) in [6, 6.07) is 15.7. The van der Waals surface area contributed by atoms with Crippen LogP contribution in [0.5, 0.6) is 5.75 Å². The lowest BCUT2D eigenvalue weighted by Gasteiger charge is -2.22. The van der Waals surface area contributed by atoms with Gasteiger partial charge in [-0.3, -0.25) is 4.79 Å². The van der Waals surface area contributed by atoms with Gasteiger partial charge in [-0.2, -0.15) is 4.98 Å². The van der Waals surface area contributed by atoms with Crippen LogP contribution in [0.15, 0.2) is 53.1 Å². The van der Waals surface area contributed by atoms with Crippen LogP contribution in [0.2, 0.25) is 0 Å². The molecule has 6 nitrogen and oxygen atoms in total. The smallest absolute Gasteiger partial charge is 0.263 e. The first kappa shape index (κ1) is 19.2. The van der Waals surface area contributed by atoms with E-state index in [1.807, 2.05) is 36.4 Å². The van der Waals surface area contributed by atoms with E-state index in [0.717, 1.165) is 24.2 Å². The highest BCUT2D eigenvalue weighted by molar-refractivity contribution is 5.80. The Hall–Kier alpha value is -3.15. The van der Waals surface area contributed by atoms with E-state index in [-0.39, 0.29) is 12.5 Å². The highest BCUT2D eigenvalue weighted by atomic mass is 16.5. The number of carbonyl (C=O) groups is 1. The van der Waals surface area contributed by atoms with Gasteiger partial charge >= 0.3 is 0 Å². The summed E-state index contributed by atoms with van der Waals surface area (Å²) >= 11 is 0. The van der Waals surface area contributed by atoms with Crippen LogP contribution in [0.4, 0.5) is 0 Å². The highest BCUT2D eigenvalue weighted by Crippen LogP contribution is 2.26. The van der Waals surface area contributed by atoms with Gasteiger partial charge in [0.15, 0.2) is 6.10 Å². The summed E-state index contributed by atoms with van der Waals surface area (Å²) in [5, 5.41) is 4.00. The van der Waals surface area contributed by atoms with Crippen LogP contribution in [-0.2, 0) is 24.2 Å². The van der Waals surface area contributed by atoms with Crippen molar-refractivity contribution >= 4 is 5.91 Å². The molecule has 150 valence electrons. The zero-order chi connectivity index (χ0) is 20.2. The third-order valence-corrected chi connectivity index (χ3v) is 5.23. The number of hydrogen-bond donors (Lipinski definition) is 0. The molecule has 2 aromatic carbocycles. The molecule has 1 aliphatic carbocycles. The van der Waals surface area contributed by atoms with Gasteiger partial charge in [0.25, 0.3) is 5.91 Å². The highest BCUT2D eigenvalue weighted by Gasteiger charge is 2.22. The fourth-order valence-electron chi connectivity index (χ4n) is 3.65. The molecular formula is C23H25N3O3. The second-order valence-corrected chi connectivity index (χ2v) is 7.47. The minimum atomic E-state index is -0.599. The molecule has 6 heteroatoms. The number of aryl methyl sites for hydroxylation is 2. The predicted molar refractivity (Wildman–Crippen MR) is 109 cm³/mol. The van der Waals surface area contributed by atoms with E-state index in [9.17, 15) is 4.79 Å². The Morgan fingerprint density at radius 3 is 2.69 bits per heavy atom. The molecule has 1 atom stereocenters. The number of benzene rings is 2. The normalized spacial score (nSPS) is 14.1. The Kier molecular flexibility index (Phi) is 5.60. The van der Waals surface area contributed by atoms with Gasteiger partial charge in [0.05, 0.1) is 6.54 Å². The van der Waals surface area contributed by atoms with E-state index in [2.05, 4.69) is 22.3 Å². The van der Waals surface area contributed by atoms with Crippen molar-refractivity contribution in [1.29, 1.82) is 0 Å². The summed E-state index contributed by atoms with van der Waals surface area (Å²) in [5.41, 5.74) is 3.60. The van der Waals surface area contributed by atoms with E-state index in [1.165, 1.54) is 24.0 Å². The number of amides is 1. The first-order chi connectivity index (χ1) is 14.1. The number of rotatable bonds is 6. The van der Waals surface area contributed by atoms with E-state index in [4.69, 9.17) is 9.26 Å². The van der Waals surface area contributed by atoms with Crippen molar-refractivity contribution in [3.8, 4) is 17.1 Å². The molecule has 1 heterocycles. The largest absolute Gasteiger partial charge is 0.481 e. The van der Waals surface area contributed by atoms with E-state index < -0.39 is 6.10 Å². The van der Waals surface area contributed by atoms with Gasteiger partial charge in [-0.25, -0.2) is 0 Å². The molecule has 0 spiro atoms. The first-order valence-corrected chi connectivity index (χ1v) is 10.0. The third kappa shape index (κ3) is 4.47. The maximum absolute atomic E-state index is 12.7. The van der Waals surface area contributed by atoms with Crippen LogP contribution >= 0.6 is 0 Å². The zero-order valence-electron chi connectivity index (χ0n) is 16.8. The van der Waals surface area contributed by atoms with Crippen LogP contribution in [0, 0.1) is 0 Å². The van der Waals surface area contributed by atoms with Gasteiger partial charge in [0.1, 0.15) is 5.75 Å². The van der Waals surface area contributed by atoms with E-state index in [1.54, 1.807) is 18.9 Å². The summed E-state index contributed by atoms with van der Waals surface area (Å²) in [6.07, 6.45) is 4.06. The summed E-state index contributed by atoms with van der Waals surface area (Å²) in [6.45, 7) is 2.00. The Labute approximate surface area is 170 Å². The molecule has 0 radical (unpaired) electrons. The average Bonchev–Trinajstić information content (AvgIpc) is 3.22. The zero-order valence-corrected chi connectivity index (χ0v) is 16.8. The SMILES string of the molecule is C[C@H](Oc1ccc2c(c1)CCCC2)C(=O)N(C)Cc1nc(-c2ccccc2)no1. The molecule has 4 rings (SSSR count). The number of aromatic nitrogens is 2. The maximum atomic E-state index is 12.7. The molecule has 0 fully saturated rings. The molecular weight excluding hydrogens is 366 g/mol. The predicted octanol–water partition coefficient (Wildman–Crippen LogP) is 4.04. The van der Waals surface area contributed by atoms with Crippen molar-refractivity contribution in [2.24, 2.45) is 0 Å². The quantitative estimate of drug-likeness (QED) is 0.634. The fraction of sp³-hybridized carbons (Fsp3) is 0.348. The summed E-state index contributed by atoms with van der Waals surface area (Å²) < 4.78 is 11.2. The van der Waals surface area contributed by atoms with Gasteiger partial charge in [-0.15, -0.1) is 0 Å². The molecule has 29 heavy (non-hydrogen) atoms. The lowest BCUT2D eigenvalue weighted by molar-refractivity contribution is -0.137. The molecule has 3 aromatic rings. The van der Waals surface area contributed by atoms with Crippen molar-refractivity contribution < 1.29 is 14.1 Å². The maximum Gasteiger partial charge on any atom is 0.263 e. The minimum absolute atomic E-state index is 0.137. The Morgan fingerprint density at radius 2 is 1.90 bits per heavy atom. The molecule has 1 aliphatic rings. The van der Waals surface area contributed by atoms with Crippen LogP contribution in [-0.4, -0.2) is 34.1 Å². The third-order valence-electron chi connectivity index (χ3n) is 5.23. The first-order valence-electron chi connectivity index (χ1n) is 10.0. The lowest BCUT2D eigenvalue weighted by Crippen LogP contribution is -2.37. The van der Waals surface area contributed by atoms with Crippen LogP contribution in [0.1, 0.15) is 36.8 Å². The number of ether oxygens (including phenoxy) is 1. The lowest BCUT2D eigenvalue weighted by atomic mass is 9.92. The van der Waals surface area contributed by atoms with Crippen molar-refractivity contribution in [3.63, 3.8) is 0 Å². The molecule has 0 aliphatic heterocycles. The standard InChI is InChI=1S/C23H25N3O3/c1-16(28-20-13-12-17-8-6-7-11-19(17)14-20)23(27)26(2)15-21-24-22(25-29-21)18-9-4-3-5-10-18/h3-5,9-10,12-14,16H,6-8,11,15H2,1-2H3/t16-/m0/s1. The summed E-state index contributed by atoms with van der Waals surface area (Å²) in [5.74, 6) is 1.51. The molecule has 0 bridgehead atoms. The van der Waals surface area contributed by atoms with Crippen molar-refractivity contribution in [2.45, 2.75) is 45.3 Å². The number of likely N-dealkylation sites (N-methyl/N-ethyl adjacent to an activating group) is 1. The molecule has 0 saturated carbocycles. The monoisotopic (exact) mass is 391 g/mol. The van der Waals surface area contributed by atoms with Crippen LogP contribution < -0.4 is 4.74 Å². The average molecular weight is 391 g/mol. The number of fused-ring (bicyclic) bond motifs is 1. The molecule has 1 aromatic heterocycles. The fourth-order valence-corrected chi connectivity index (χ4v) is 3.65. The minimum Gasteiger partial charge on any atom is -0.481 e. The second-order valence-electron chi connectivity index (χ2n) is 7.47. The van der Waals surface area contributed by atoms with Crippen molar-refractivity contribution in [2.75, 3.05) is 7.05 Å². The second kappa shape index (κ2) is 8.47. The molecule has 0 saturated heterocycles. The van der Waals surface area contributed by atoms with Crippen LogP contribution in [0.3, 0.4) is 0 Å². The van der Waals surface area contributed by atoms with E-state index in [0.29, 0.717) is 11.7 Å². The molecule has 1 amide bonds. The molecule has 0 N–H and O–H groups in total. The molecule has 0 unspecified atom stereocenters. The van der Waals surface area contributed by atoms with Gasteiger partial charge in [0, 0.05) is 12.6 Å². The van der Waals surface area contributed by atoms with Gasteiger partial charge in [-0.1, -0.05) is 41.6 Å². The van der Waals surface area contributed by atoms with Crippen LogP contribution in [0.25, 0.3) is 11.4 Å². The number of nitrogens with zero attached hydrogens (tertiary/aromatic N) is 3. The van der Waals surface area contributed by atoms with Gasteiger partial charge in [0.2, 0.25) is 11.7 Å². The van der Waals surface area contributed by atoms with Crippen molar-refractivity contribution in [3.05, 3.63) is 65.5 Å². The Morgan fingerprint density at radius 1 is 1.14 bits per heavy atom. The van der Waals surface area contributed by atoms with Crippen molar-refractivity contribution in [1.82, 2.24) is 15.0 Å². The van der Waals surface area contributed by atoms with Gasteiger partial charge in [-0.05, 0) is 55.9 Å². The Bertz CT molecular complexity index is 984. The van der Waals surface area contributed by atoms with Gasteiger partial charge < -0.3 is 14.2 Å².